The molecular weight excluding hydrogens is 380 g/mol. The minimum atomic E-state index is -0.655. The zero-order chi connectivity index (χ0) is 15.6. The van der Waals surface area contributed by atoms with Crippen LogP contribution in [-0.4, -0.2) is 36.0 Å². The maximum absolute atomic E-state index is 12.9. The van der Waals surface area contributed by atoms with Gasteiger partial charge in [-0.3, -0.25) is 4.79 Å². The Balaban J connectivity index is 0.00000192. The number of hydrogen-bond donors (Lipinski definition) is 1. The van der Waals surface area contributed by atoms with Crippen molar-refractivity contribution in [3.63, 3.8) is 0 Å². The molecule has 1 saturated carbocycles. The summed E-state index contributed by atoms with van der Waals surface area (Å²) < 4.78 is 6.89. The summed E-state index contributed by atoms with van der Waals surface area (Å²) in [4.78, 5) is 14.8. The summed E-state index contributed by atoms with van der Waals surface area (Å²) in [5.41, 5.74) is 6.85. The van der Waals surface area contributed by atoms with Crippen LogP contribution in [0, 0.1) is 0 Å². The molecule has 2 aliphatic rings. The van der Waals surface area contributed by atoms with Gasteiger partial charge in [0.2, 0.25) is 5.91 Å². The molecule has 1 saturated heterocycles. The van der Waals surface area contributed by atoms with Crippen LogP contribution in [0.15, 0.2) is 28.7 Å². The molecule has 2 fully saturated rings. The molecule has 0 spiro atoms. The minimum absolute atomic E-state index is 0. The first-order valence-corrected chi connectivity index (χ1v) is 8.83. The predicted octanol–water partition coefficient (Wildman–Crippen LogP) is 3.43. The lowest BCUT2D eigenvalue weighted by Gasteiger charge is -2.40. The first-order valence-electron chi connectivity index (χ1n) is 8.04. The number of nitrogens with two attached hydrogens (primary N) is 1. The number of amides is 1. The first kappa shape index (κ1) is 18.7. The smallest absolute Gasteiger partial charge is 0.242 e. The fraction of sp³-hybridized carbons (Fsp3) is 0.588. The van der Waals surface area contributed by atoms with Crippen molar-refractivity contribution >= 4 is 34.2 Å². The topological polar surface area (TPSA) is 55.6 Å². The molecule has 1 aromatic rings. The molecular formula is C17H24BrClN2O2. The van der Waals surface area contributed by atoms with Gasteiger partial charge in [0.15, 0.2) is 0 Å². The van der Waals surface area contributed by atoms with Crippen molar-refractivity contribution in [1.82, 2.24) is 4.90 Å². The molecule has 1 atom stereocenters. The van der Waals surface area contributed by atoms with E-state index in [2.05, 4.69) is 22.0 Å². The van der Waals surface area contributed by atoms with E-state index in [1.165, 1.54) is 6.42 Å². The van der Waals surface area contributed by atoms with Crippen molar-refractivity contribution in [3.8, 4) is 0 Å². The Morgan fingerprint density at radius 1 is 1.30 bits per heavy atom. The predicted molar refractivity (Wildman–Crippen MR) is 96.7 cm³/mol. The van der Waals surface area contributed by atoms with Crippen molar-refractivity contribution in [2.45, 2.75) is 43.7 Å². The van der Waals surface area contributed by atoms with Gasteiger partial charge in [-0.25, -0.2) is 0 Å². The van der Waals surface area contributed by atoms with E-state index in [-0.39, 0.29) is 24.4 Å². The van der Waals surface area contributed by atoms with E-state index in [4.69, 9.17) is 10.5 Å². The highest BCUT2D eigenvalue weighted by Gasteiger charge is 2.40. The number of carbonyl (C=O) groups excluding carboxylic acids is 1. The highest BCUT2D eigenvalue weighted by molar-refractivity contribution is 9.10. The van der Waals surface area contributed by atoms with E-state index < -0.39 is 5.54 Å². The summed E-state index contributed by atoms with van der Waals surface area (Å²) in [6, 6.07) is 8.08. The monoisotopic (exact) mass is 402 g/mol. The molecule has 6 heteroatoms. The van der Waals surface area contributed by atoms with Crippen LogP contribution >= 0.6 is 28.3 Å². The second-order valence-corrected chi connectivity index (χ2v) is 7.30. The van der Waals surface area contributed by atoms with Crippen LogP contribution in [0.5, 0.6) is 0 Å². The average Bonchev–Trinajstić information content (AvgIpc) is 2.55. The van der Waals surface area contributed by atoms with Crippen molar-refractivity contribution < 1.29 is 9.53 Å². The van der Waals surface area contributed by atoms with E-state index in [0.717, 1.165) is 35.7 Å². The molecule has 2 N–H and O–H groups in total. The lowest BCUT2D eigenvalue weighted by atomic mass is 9.81. The van der Waals surface area contributed by atoms with Crippen molar-refractivity contribution in [2.24, 2.45) is 5.73 Å². The summed E-state index contributed by atoms with van der Waals surface area (Å²) in [6.07, 6.45) is 4.86. The highest BCUT2D eigenvalue weighted by atomic mass is 79.9. The van der Waals surface area contributed by atoms with Gasteiger partial charge in [0, 0.05) is 11.0 Å². The first-order chi connectivity index (χ1) is 10.6. The number of morpholine rings is 1. The van der Waals surface area contributed by atoms with Crippen LogP contribution in [0.1, 0.15) is 43.8 Å². The van der Waals surface area contributed by atoms with Crippen molar-refractivity contribution in [2.75, 3.05) is 19.7 Å². The van der Waals surface area contributed by atoms with Gasteiger partial charge >= 0.3 is 0 Å². The zero-order valence-electron chi connectivity index (χ0n) is 13.2. The molecule has 1 unspecified atom stereocenters. The van der Waals surface area contributed by atoms with Gasteiger partial charge in [0.05, 0.1) is 18.7 Å². The molecule has 1 heterocycles. The largest absolute Gasteiger partial charge is 0.370 e. The van der Waals surface area contributed by atoms with E-state index in [0.29, 0.717) is 19.7 Å². The Hall–Kier alpha value is -0.620. The number of halogens is 2. The quantitative estimate of drug-likeness (QED) is 0.823. The fourth-order valence-electron chi connectivity index (χ4n) is 3.45. The van der Waals surface area contributed by atoms with Gasteiger partial charge in [-0.05, 0) is 30.5 Å². The molecule has 4 nitrogen and oxygen atoms in total. The normalized spacial score (nSPS) is 23.9. The summed E-state index contributed by atoms with van der Waals surface area (Å²) in [6.45, 7) is 1.80. The maximum Gasteiger partial charge on any atom is 0.242 e. The standard InChI is InChI=1S/C17H23BrN2O2.ClH/c18-14-6-4-5-13(11-14)15-12-20(9-10-22-15)16(21)17(19)7-2-1-3-8-17;/h4-6,11,15H,1-3,7-10,12,19H2;1H. The molecule has 1 amide bonds. The summed E-state index contributed by atoms with van der Waals surface area (Å²) in [7, 11) is 0. The van der Waals surface area contributed by atoms with Gasteiger partial charge in [-0.15, -0.1) is 12.4 Å². The third-order valence-corrected chi connectivity index (χ3v) is 5.24. The van der Waals surface area contributed by atoms with E-state index in [1.54, 1.807) is 0 Å². The summed E-state index contributed by atoms with van der Waals surface area (Å²) in [5.74, 6) is 0.107. The molecule has 1 aromatic carbocycles. The van der Waals surface area contributed by atoms with E-state index in [1.807, 2.05) is 23.1 Å². The van der Waals surface area contributed by atoms with E-state index >= 15 is 0 Å². The third kappa shape index (κ3) is 4.27. The average molecular weight is 404 g/mol. The Bertz CT molecular complexity index is 549. The maximum atomic E-state index is 12.9. The van der Waals surface area contributed by atoms with Crippen LogP contribution in [-0.2, 0) is 9.53 Å². The number of hydrogen-bond acceptors (Lipinski definition) is 3. The Morgan fingerprint density at radius 3 is 2.74 bits per heavy atom. The van der Waals surface area contributed by atoms with Crippen LogP contribution in [0.4, 0.5) is 0 Å². The second-order valence-electron chi connectivity index (χ2n) is 6.38. The molecule has 0 aromatic heterocycles. The van der Waals surface area contributed by atoms with Crippen molar-refractivity contribution in [3.05, 3.63) is 34.3 Å². The molecule has 0 bridgehead atoms. The molecule has 1 aliphatic carbocycles. The summed E-state index contributed by atoms with van der Waals surface area (Å²) >= 11 is 3.49. The number of rotatable bonds is 2. The number of benzene rings is 1. The van der Waals surface area contributed by atoms with Crippen molar-refractivity contribution in [1.29, 1.82) is 0 Å². The van der Waals surface area contributed by atoms with Crippen LogP contribution in [0.2, 0.25) is 0 Å². The van der Waals surface area contributed by atoms with Crippen LogP contribution < -0.4 is 5.73 Å². The highest BCUT2D eigenvalue weighted by Crippen LogP contribution is 2.30. The fourth-order valence-corrected chi connectivity index (χ4v) is 3.87. The Kier molecular flexibility index (Phi) is 6.48. The lowest BCUT2D eigenvalue weighted by molar-refractivity contribution is -0.146. The lowest BCUT2D eigenvalue weighted by Crippen LogP contribution is -2.58. The molecule has 23 heavy (non-hydrogen) atoms. The van der Waals surface area contributed by atoms with Gasteiger partial charge in [0.1, 0.15) is 6.10 Å². The molecule has 3 rings (SSSR count). The van der Waals surface area contributed by atoms with Crippen LogP contribution in [0.25, 0.3) is 0 Å². The van der Waals surface area contributed by atoms with Crippen LogP contribution in [0.3, 0.4) is 0 Å². The summed E-state index contributed by atoms with van der Waals surface area (Å²) in [5, 5.41) is 0. The third-order valence-electron chi connectivity index (χ3n) is 4.75. The molecule has 1 aliphatic heterocycles. The van der Waals surface area contributed by atoms with E-state index in [9.17, 15) is 4.79 Å². The Morgan fingerprint density at radius 2 is 2.04 bits per heavy atom. The Labute approximate surface area is 152 Å². The number of nitrogens with zero attached hydrogens (tertiary/aromatic N) is 1. The SMILES string of the molecule is Cl.NC1(C(=O)N2CCOC(c3cccc(Br)c3)C2)CCCCC1. The molecule has 128 valence electrons. The number of carbonyl (C=O) groups is 1. The molecule has 0 radical (unpaired) electrons. The van der Waals surface area contributed by atoms with Gasteiger partial charge in [-0.2, -0.15) is 0 Å². The van der Waals surface area contributed by atoms with Gasteiger partial charge in [-0.1, -0.05) is 47.3 Å². The van der Waals surface area contributed by atoms with Gasteiger partial charge in [0.25, 0.3) is 0 Å². The van der Waals surface area contributed by atoms with Gasteiger partial charge < -0.3 is 15.4 Å². The number of ether oxygens (including phenoxy) is 1. The zero-order valence-corrected chi connectivity index (χ0v) is 15.6. The minimum Gasteiger partial charge on any atom is -0.370 e. The second kappa shape index (κ2) is 7.97.